The zero-order valence-corrected chi connectivity index (χ0v) is 16.7. The summed E-state index contributed by atoms with van der Waals surface area (Å²) in [6, 6.07) is 12.0. The molecule has 0 nitrogen and oxygen atoms in total. The third-order valence-corrected chi connectivity index (χ3v) is 7.66. The maximum Gasteiger partial charge on any atom is -0.0208 e. The topological polar surface area (TPSA) is 0 Å². The number of rotatable bonds is 1. The minimum absolute atomic E-state index is 1.11. The molecule has 1 heterocycles. The monoisotopic (exact) mass is 346 g/mol. The van der Waals surface area contributed by atoms with Gasteiger partial charge in [0.05, 0.1) is 0 Å². The van der Waals surface area contributed by atoms with Crippen molar-refractivity contribution < 1.29 is 0 Å². The Balaban J connectivity index is 0.000000292. The van der Waals surface area contributed by atoms with Crippen LogP contribution in [0.5, 0.6) is 0 Å². The Kier molecular flexibility index (Phi) is 11.6. The summed E-state index contributed by atoms with van der Waals surface area (Å²) in [5.74, 6) is 1.11. The molecule has 1 aromatic carbocycles. The summed E-state index contributed by atoms with van der Waals surface area (Å²) in [5.41, 5.74) is 1.13. The summed E-state index contributed by atoms with van der Waals surface area (Å²) in [6.45, 7) is 0. The van der Waals surface area contributed by atoms with E-state index in [1.54, 1.807) is 25.4 Å². The molecule has 2 fully saturated rings. The minimum atomic E-state index is 1.11. The Labute approximate surface area is 153 Å². The zero-order chi connectivity index (χ0) is 16.7. The largest absolute Gasteiger partial charge is 0.119 e. The summed E-state index contributed by atoms with van der Waals surface area (Å²) in [4.78, 5) is 0. The van der Waals surface area contributed by atoms with Crippen LogP contribution in [0, 0.1) is 5.92 Å². The van der Waals surface area contributed by atoms with E-state index in [2.05, 4.69) is 0 Å². The standard InChI is InChI=1S/C17H33P.C6H6/c1-2-5-9-13-16(12-8-4-1)17-14-10-6-3-7-11-15-18-17;1-2-4-6-5-3-1/h16-18H,1-15H2;1-6H. The van der Waals surface area contributed by atoms with E-state index in [-0.39, 0.29) is 0 Å². The van der Waals surface area contributed by atoms with Gasteiger partial charge in [-0.05, 0) is 43.4 Å². The highest BCUT2D eigenvalue weighted by Gasteiger charge is 2.21. The van der Waals surface area contributed by atoms with Crippen molar-refractivity contribution in [1.29, 1.82) is 0 Å². The van der Waals surface area contributed by atoms with Crippen molar-refractivity contribution >= 4 is 8.58 Å². The SMILES string of the molecule is C1CCCCC(C2CCCCCCCP2)CCC1.c1ccccc1. The second-order valence-corrected chi connectivity index (χ2v) is 9.38. The molecule has 0 bridgehead atoms. The highest BCUT2D eigenvalue weighted by atomic mass is 31.1. The fourth-order valence-electron chi connectivity index (χ4n) is 4.26. The van der Waals surface area contributed by atoms with Crippen LogP contribution >= 0.6 is 8.58 Å². The summed E-state index contributed by atoms with van der Waals surface area (Å²) < 4.78 is 0. The summed E-state index contributed by atoms with van der Waals surface area (Å²) >= 11 is 0. The molecule has 0 radical (unpaired) electrons. The molecule has 24 heavy (non-hydrogen) atoms. The number of hydrogen-bond donors (Lipinski definition) is 0. The Hall–Kier alpha value is -0.350. The molecular weight excluding hydrogens is 307 g/mol. The van der Waals surface area contributed by atoms with Crippen LogP contribution in [-0.4, -0.2) is 11.8 Å². The molecule has 1 aliphatic carbocycles. The maximum atomic E-state index is 2.00. The van der Waals surface area contributed by atoms with Crippen LogP contribution in [0.4, 0.5) is 0 Å². The van der Waals surface area contributed by atoms with Gasteiger partial charge >= 0.3 is 0 Å². The van der Waals surface area contributed by atoms with Gasteiger partial charge in [-0.3, -0.25) is 0 Å². The molecule has 136 valence electrons. The molecule has 1 saturated heterocycles. The van der Waals surface area contributed by atoms with E-state index in [4.69, 9.17) is 0 Å². The van der Waals surface area contributed by atoms with E-state index < -0.39 is 0 Å². The van der Waals surface area contributed by atoms with E-state index >= 15 is 0 Å². The summed E-state index contributed by atoms with van der Waals surface area (Å²) in [7, 11) is 1.30. The third kappa shape index (κ3) is 9.22. The Morgan fingerprint density at radius 2 is 0.875 bits per heavy atom. The van der Waals surface area contributed by atoms with Crippen LogP contribution < -0.4 is 0 Å². The maximum absolute atomic E-state index is 2.00. The Bertz CT molecular complexity index is 306. The van der Waals surface area contributed by atoms with E-state index in [1.165, 1.54) is 79.2 Å². The first kappa shape index (κ1) is 20.0. The first-order valence-corrected chi connectivity index (χ1v) is 12.0. The van der Waals surface area contributed by atoms with Gasteiger partial charge in [0.25, 0.3) is 0 Å². The van der Waals surface area contributed by atoms with Crippen molar-refractivity contribution in [3.8, 4) is 0 Å². The highest BCUT2D eigenvalue weighted by molar-refractivity contribution is 7.38. The van der Waals surface area contributed by atoms with Gasteiger partial charge in [-0.15, -0.1) is 8.58 Å². The van der Waals surface area contributed by atoms with Gasteiger partial charge < -0.3 is 0 Å². The Morgan fingerprint density at radius 1 is 0.458 bits per heavy atom. The predicted octanol–water partition coefficient (Wildman–Crippen LogP) is 7.82. The van der Waals surface area contributed by atoms with Gasteiger partial charge in [0.1, 0.15) is 0 Å². The van der Waals surface area contributed by atoms with Crippen molar-refractivity contribution in [1.82, 2.24) is 0 Å². The fraction of sp³-hybridized carbons (Fsp3) is 0.739. The summed E-state index contributed by atoms with van der Waals surface area (Å²) in [5, 5.41) is 0. The van der Waals surface area contributed by atoms with Gasteiger partial charge in [0, 0.05) is 0 Å². The number of benzene rings is 1. The molecule has 2 unspecified atom stereocenters. The Morgan fingerprint density at radius 3 is 1.42 bits per heavy atom. The molecule has 0 spiro atoms. The zero-order valence-electron chi connectivity index (χ0n) is 15.7. The lowest BCUT2D eigenvalue weighted by atomic mass is 9.90. The highest BCUT2D eigenvalue weighted by Crippen LogP contribution is 2.38. The third-order valence-electron chi connectivity index (χ3n) is 5.73. The predicted molar refractivity (Wildman–Crippen MR) is 112 cm³/mol. The minimum Gasteiger partial charge on any atom is -0.119 e. The van der Waals surface area contributed by atoms with Gasteiger partial charge in [-0.1, -0.05) is 101 Å². The lowest BCUT2D eigenvalue weighted by molar-refractivity contribution is 0.392. The first-order valence-electron chi connectivity index (χ1n) is 10.7. The lowest BCUT2D eigenvalue weighted by Crippen LogP contribution is -2.17. The fourth-order valence-corrected chi connectivity index (χ4v) is 6.16. The molecule has 1 saturated carbocycles. The molecule has 1 aromatic rings. The molecular formula is C23H39P. The van der Waals surface area contributed by atoms with Crippen LogP contribution in [0.2, 0.25) is 0 Å². The van der Waals surface area contributed by atoms with E-state index in [0.29, 0.717) is 0 Å². The van der Waals surface area contributed by atoms with Gasteiger partial charge in [0.2, 0.25) is 0 Å². The molecule has 0 amide bonds. The van der Waals surface area contributed by atoms with Crippen molar-refractivity contribution in [2.75, 3.05) is 6.16 Å². The van der Waals surface area contributed by atoms with Crippen molar-refractivity contribution in [2.45, 2.75) is 95.6 Å². The van der Waals surface area contributed by atoms with Crippen LogP contribution in [0.15, 0.2) is 36.4 Å². The van der Waals surface area contributed by atoms with E-state index in [9.17, 15) is 0 Å². The van der Waals surface area contributed by atoms with Crippen molar-refractivity contribution in [3.63, 3.8) is 0 Å². The van der Waals surface area contributed by atoms with Gasteiger partial charge in [0.15, 0.2) is 0 Å². The number of hydrogen-bond acceptors (Lipinski definition) is 0. The normalized spacial score (nSPS) is 25.8. The van der Waals surface area contributed by atoms with Crippen LogP contribution in [0.3, 0.4) is 0 Å². The smallest absolute Gasteiger partial charge is 0.0208 e. The van der Waals surface area contributed by atoms with E-state index in [1.807, 2.05) is 36.4 Å². The molecule has 2 aliphatic rings. The molecule has 0 N–H and O–H groups in total. The lowest BCUT2D eigenvalue weighted by Gasteiger charge is -2.27. The molecule has 3 rings (SSSR count). The average Bonchev–Trinajstić information content (AvgIpc) is 2.86. The molecule has 1 aliphatic heterocycles. The summed E-state index contributed by atoms with van der Waals surface area (Å²) in [6.07, 6.45) is 23.0. The van der Waals surface area contributed by atoms with Gasteiger partial charge in [-0.2, -0.15) is 0 Å². The van der Waals surface area contributed by atoms with Crippen molar-refractivity contribution in [3.05, 3.63) is 36.4 Å². The van der Waals surface area contributed by atoms with Gasteiger partial charge in [-0.25, -0.2) is 0 Å². The average molecular weight is 347 g/mol. The van der Waals surface area contributed by atoms with Crippen LogP contribution in [-0.2, 0) is 0 Å². The second kappa shape index (κ2) is 13.9. The van der Waals surface area contributed by atoms with Crippen LogP contribution in [0.25, 0.3) is 0 Å². The quantitative estimate of drug-likeness (QED) is 0.455. The molecule has 1 heteroatoms. The molecule has 0 aromatic heterocycles. The molecule has 2 atom stereocenters. The second-order valence-electron chi connectivity index (χ2n) is 7.73. The van der Waals surface area contributed by atoms with Crippen LogP contribution in [0.1, 0.15) is 89.9 Å². The van der Waals surface area contributed by atoms with Crippen molar-refractivity contribution in [2.24, 2.45) is 5.92 Å². The first-order chi connectivity index (χ1) is 12.0. The van der Waals surface area contributed by atoms with E-state index in [0.717, 1.165) is 11.6 Å².